The lowest BCUT2D eigenvalue weighted by Gasteiger charge is -2.31. The van der Waals surface area contributed by atoms with Crippen LogP contribution in [0.3, 0.4) is 0 Å². The van der Waals surface area contributed by atoms with Gasteiger partial charge in [-0.2, -0.15) is 0 Å². The number of cyclic esters (lactones) is 2. The Bertz CT molecular complexity index is 452. The normalized spacial score (nSPS) is 20.7. The average molecular weight is 263 g/mol. The smallest absolute Gasteiger partial charge is 0.329 e. The van der Waals surface area contributed by atoms with Crippen molar-refractivity contribution >= 4 is 18.2 Å². The predicted octanol–water partition coefficient (Wildman–Crippen LogP) is 2.16. The summed E-state index contributed by atoms with van der Waals surface area (Å²) in [6, 6.07) is 0. The van der Waals surface area contributed by atoms with Crippen LogP contribution >= 0.6 is 0 Å². The zero-order valence-corrected chi connectivity index (χ0v) is 11.3. The summed E-state index contributed by atoms with van der Waals surface area (Å²) in [5.74, 6) is -3.66. The van der Waals surface area contributed by atoms with Gasteiger partial charge in [0.1, 0.15) is 0 Å². The topological polar surface area (TPSA) is 65.0 Å². The Morgan fingerprint density at radius 2 is 1.89 bits per heavy atom. The van der Waals surface area contributed by atoms with Crippen molar-refractivity contribution < 1.29 is 19.1 Å². The molecule has 0 saturated carbocycles. The minimum Gasteiger partial charge on any atom is -0.422 e. The molecule has 1 heterocycles. The zero-order chi connectivity index (χ0) is 14.5. The quantitative estimate of drug-likeness (QED) is 0.337. The first-order valence-corrected chi connectivity index (χ1v) is 5.85. The van der Waals surface area contributed by atoms with Crippen LogP contribution in [-0.4, -0.2) is 23.9 Å². The second kappa shape index (κ2) is 6.13. The lowest BCUT2D eigenvalue weighted by Crippen LogP contribution is -2.46. The molecule has 0 aromatic rings. The van der Waals surface area contributed by atoms with Gasteiger partial charge in [-0.15, -0.1) is 0 Å². The maximum absolute atomic E-state index is 11.7. The minimum atomic E-state index is -1.22. The van der Waals surface area contributed by atoms with Gasteiger partial charge in [0.05, 0.1) is 5.70 Å². The number of allylic oxidation sites excluding steroid dienone is 4. The summed E-state index contributed by atoms with van der Waals surface area (Å²) < 4.78 is 9.95. The van der Waals surface area contributed by atoms with Gasteiger partial charge in [0.15, 0.2) is 5.92 Å². The van der Waals surface area contributed by atoms with Gasteiger partial charge >= 0.3 is 11.9 Å². The van der Waals surface area contributed by atoms with E-state index in [1.165, 1.54) is 20.1 Å². The predicted molar refractivity (Wildman–Crippen MR) is 71.3 cm³/mol. The molecule has 0 radical (unpaired) electrons. The summed E-state index contributed by atoms with van der Waals surface area (Å²) in [5.41, 5.74) is 0.602. The summed E-state index contributed by atoms with van der Waals surface area (Å²) in [4.78, 5) is 27.4. The summed E-state index contributed by atoms with van der Waals surface area (Å²) in [5, 5.41) is 0. The third-order valence-electron chi connectivity index (χ3n) is 2.27. The Labute approximate surface area is 112 Å². The number of rotatable bonds is 4. The van der Waals surface area contributed by atoms with Gasteiger partial charge in [0.25, 0.3) is 5.79 Å². The second-order valence-electron chi connectivity index (χ2n) is 4.31. The van der Waals surface area contributed by atoms with Crippen LogP contribution in [0, 0.1) is 5.92 Å². The molecule has 1 fully saturated rings. The van der Waals surface area contributed by atoms with Crippen LogP contribution in [0.4, 0.5) is 0 Å². The van der Waals surface area contributed by atoms with E-state index < -0.39 is 23.6 Å². The van der Waals surface area contributed by atoms with Crippen molar-refractivity contribution in [2.75, 3.05) is 0 Å². The Morgan fingerprint density at radius 3 is 2.37 bits per heavy atom. The molecule has 0 spiro atoms. The fourth-order valence-electron chi connectivity index (χ4n) is 1.39. The van der Waals surface area contributed by atoms with E-state index in [1.54, 1.807) is 31.2 Å². The highest BCUT2D eigenvalue weighted by molar-refractivity contribution is 6.10. The number of ether oxygens (including phenoxy) is 2. The Balaban J connectivity index is 2.82. The van der Waals surface area contributed by atoms with Crippen molar-refractivity contribution in [1.29, 1.82) is 0 Å². The van der Waals surface area contributed by atoms with Crippen LogP contribution in [0.15, 0.2) is 41.6 Å². The summed E-state index contributed by atoms with van der Waals surface area (Å²) in [6.07, 6.45) is 7.97. The molecule has 102 valence electrons. The standard InChI is InChI=1S/C14H17NO4/c1-5-7-8-10(6-2)15-9-11-12(16)18-14(3,4)19-13(11)17/h5-9,11H,1H2,2-4H3/b8-7-,10-6+,15-9+. The molecule has 5 nitrogen and oxygen atoms in total. The number of aliphatic imine (C=N–C) groups is 1. The number of carbonyl (C=O) groups excluding carboxylic acids is 2. The number of esters is 2. The van der Waals surface area contributed by atoms with E-state index in [1.807, 2.05) is 0 Å². The molecular weight excluding hydrogens is 246 g/mol. The van der Waals surface area contributed by atoms with Crippen molar-refractivity contribution in [1.82, 2.24) is 0 Å². The summed E-state index contributed by atoms with van der Waals surface area (Å²) >= 11 is 0. The number of hydrogen-bond donors (Lipinski definition) is 0. The Hall–Kier alpha value is -2.17. The molecular formula is C14H17NO4. The number of carbonyl (C=O) groups is 2. The van der Waals surface area contributed by atoms with Gasteiger partial charge in [0.2, 0.25) is 0 Å². The first-order valence-electron chi connectivity index (χ1n) is 5.85. The summed E-state index contributed by atoms with van der Waals surface area (Å²) in [6.45, 7) is 8.34. The highest BCUT2D eigenvalue weighted by atomic mass is 16.7. The van der Waals surface area contributed by atoms with Gasteiger partial charge in [0, 0.05) is 20.1 Å². The highest BCUT2D eigenvalue weighted by Crippen LogP contribution is 2.22. The molecule has 0 bridgehead atoms. The van der Waals surface area contributed by atoms with E-state index in [4.69, 9.17) is 9.47 Å². The molecule has 0 atom stereocenters. The second-order valence-corrected chi connectivity index (χ2v) is 4.31. The van der Waals surface area contributed by atoms with Crippen LogP contribution in [0.2, 0.25) is 0 Å². The largest absolute Gasteiger partial charge is 0.422 e. The van der Waals surface area contributed by atoms with Crippen LogP contribution < -0.4 is 0 Å². The molecule has 1 aliphatic rings. The van der Waals surface area contributed by atoms with Gasteiger partial charge in [-0.3, -0.25) is 14.6 Å². The molecule has 0 aromatic heterocycles. The first-order chi connectivity index (χ1) is 8.89. The van der Waals surface area contributed by atoms with Crippen molar-refractivity contribution in [3.63, 3.8) is 0 Å². The fraction of sp³-hybridized carbons (Fsp3) is 0.357. The highest BCUT2D eigenvalue weighted by Gasteiger charge is 2.42. The minimum absolute atomic E-state index is 0.602. The van der Waals surface area contributed by atoms with E-state index >= 15 is 0 Å². The van der Waals surface area contributed by atoms with Crippen LogP contribution in [-0.2, 0) is 19.1 Å². The average Bonchev–Trinajstić information content (AvgIpc) is 2.30. The fourth-order valence-corrected chi connectivity index (χ4v) is 1.39. The molecule has 0 N–H and O–H groups in total. The van der Waals surface area contributed by atoms with Crippen LogP contribution in [0.25, 0.3) is 0 Å². The van der Waals surface area contributed by atoms with E-state index in [0.717, 1.165) is 0 Å². The lowest BCUT2D eigenvalue weighted by atomic mass is 10.1. The molecule has 1 saturated heterocycles. The van der Waals surface area contributed by atoms with E-state index in [-0.39, 0.29) is 0 Å². The van der Waals surface area contributed by atoms with Crippen molar-refractivity contribution in [3.05, 3.63) is 36.6 Å². The molecule has 0 aliphatic carbocycles. The van der Waals surface area contributed by atoms with Crippen molar-refractivity contribution in [2.45, 2.75) is 26.6 Å². The number of hydrogen-bond acceptors (Lipinski definition) is 5. The maximum Gasteiger partial charge on any atom is 0.329 e. The maximum atomic E-state index is 11.7. The summed E-state index contributed by atoms with van der Waals surface area (Å²) in [7, 11) is 0. The molecule has 1 rings (SSSR count). The van der Waals surface area contributed by atoms with E-state index in [9.17, 15) is 9.59 Å². The van der Waals surface area contributed by atoms with Gasteiger partial charge in [-0.05, 0) is 13.0 Å². The van der Waals surface area contributed by atoms with Crippen molar-refractivity contribution in [3.8, 4) is 0 Å². The van der Waals surface area contributed by atoms with Crippen molar-refractivity contribution in [2.24, 2.45) is 10.9 Å². The van der Waals surface area contributed by atoms with Crippen LogP contribution in [0.1, 0.15) is 20.8 Å². The molecule has 0 unspecified atom stereocenters. The van der Waals surface area contributed by atoms with Gasteiger partial charge in [-0.25, -0.2) is 0 Å². The molecule has 1 aliphatic heterocycles. The molecule has 5 heteroatoms. The number of nitrogens with zero attached hydrogens (tertiary/aromatic N) is 1. The molecule has 0 aromatic carbocycles. The molecule has 0 amide bonds. The van der Waals surface area contributed by atoms with Crippen LogP contribution in [0.5, 0.6) is 0 Å². The Morgan fingerprint density at radius 1 is 1.32 bits per heavy atom. The van der Waals surface area contributed by atoms with Gasteiger partial charge in [-0.1, -0.05) is 24.8 Å². The SMILES string of the molecule is C=C\C=C/C(=C\C)/N=C/C1C(=O)OC(C)(C)OC1=O. The van der Waals surface area contributed by atoms with Gasteiger partial charge < -0.3 is 9.47 Å². The Kier molecular flexibility index (Phi) is 4.80. The third kappa shape index (κ3) is 4.21. The third-order valence-corrected chi connectivity index (χ3v) is 2.27. The first kappa shape index (κ1) is 14.9. The lowest BCUT2D eigenvalue weighted by molar-refractivity contribution is -0.235. The van der Waals surface area contributed by atoms with E-state index in [0.29, 0.717) is 5.70 Å². The monoisotopic (exact) mass is 263 g/mol. The molecule has 19 heavy (non-hydrogen) atoms. The zero-order valence-electron chi connectivity index (χ0n) is 11.3. The van der Waals surface area contributed by atoms with E-state index in [2.05, 4.69) is 11.6 Å².